The first kappa shape index (κ1) is 34.7. The highest BCUT2D eigenvalue weighted by Crippen LogP contribution is 2.46. The summed E-state index contributed by atoms with van der Waals surface area (Å²) in [5.41, 5.74) is 3.78. The average molecular weight is 598 g/mol. The van der Waals surface area contributed by atoms with Crippen LogP contribution in [0.15, 0.2) is 36.7 Å². The number of hydrogen-bond acceptors (Lipinski definition) is 3. The first-order valence-corrected chi connectivity index (χ1v) is 19.0. The fourth-order valence-electron chi connectivity index (χ4n) is 8.12. The summed E-state index contributed by atoms with van der Waals surface area (Å²) in [4.78, 5) is 9.63. The van der Waals surface area contributed by atoms with Crippen LogP contribution in [0.25, 0.3) is 11.4 Å². The van der Waals surface area contributed by atoms with Gasteiger partial charge in [0.2, 0.25) is 0 Å². The fourth-order valence-corrected chi connectivity index (χ4v) is 8.12. The minimum atomic E-state index is -0.0811. The minimum absolute atomic E-state index is 0.0811. The highest BCUT2D eigenvalue weighted by Gasteiger charge is 2.35. The third-order valence-electron chi connectivity index (χ3n) is 11.3. The van der Waals surface area contributed by atoms with Gasteiger partial charge in [-0.25, -0.2) is 9.97 Å². The maximum absolute atomic E-state index is 10.1. The molecule has 242 valence electrons. The van der Waals surface area contributed by atoms with Crippen LogP contribution in [0.4, 0.5) is 0 Å². The van der Waals surface area contributed by atoms with Crippen LogP contribution >= 0.6 is 0 Å². The number of aromatic nitrogens is 2. The largest absolute Gasteiger partial charge is 0.236 e. The van der Waals surface area contributed by atoms with Crippen LogP contribution in [0.1, 0.15) is 191 Å². The van der Waals surface area contributed by atoms with Gasteiger partial charge < -0.3 is 0 Å². The molecule has 4 rings (SSSR count). The molecule has 2 saturated carbocycles. The van der Waals surface area contributed by atoms with Crippen molar-refractivity contribution in [3.8, 4) is 17.5 Å². The van der Waals surface area contributed by atoms with Crippen LogP contribution in [0.5, 0.6) is 0 Å². The van der Waals surface area contributed by atoms with Crippen molar-refractivity contribution in [2.45, 2.75) is 180 Å². The number of benzene rings is 1. The second-order valence-corrected chi connectivity index (χ2v) is 14.6. The third kappa shape index (κ3) is 11.0. The van der Waals surface area contributed by atoms with Crippen LogP contribution in [0.2, 0.25) is 0 Å². The Labute approximate surface area is 271 Å². The van der Waals surface area contributed by atoms with Gasteiger partial charge >= 0.3 is 0 Å². The van der Waals surface area contributed by atoms with E-state index in [0.29, 0.717) is 11.8 Å². The van der Waals surface area contributed by atoms with Gasteiger partial charge in [-0.1, -0.05) is 134 Å². The molecular weight excluding hydrogens is 534 g/mol. The van der Waals surface area contributed by atoms with Crippen molar-refractivity contribution in [1.82, 2.24) is 9.97 Å². The van der Waals surface area contributed by atoms with Crippen molar-refractivity contribution >= 4 is 0 Å². The molecule has 2 fully saturated rings. The predicted molar refractivity (Wildman–Crippen MR) is 187 cm³/mol. The molecule has 3 nitrogen and oxygen atoms in total. The van der Waals surface area contributed by atoms with Gasteiger partial charge in [-0.2, -0.15) is 5.26 Å². The first-order valence-electron chi connectivity index (χ1n) is 19.0. The Kier molecular flexibility index (Phi) is 15.2. The van der Waals surface area contributed by atoms with E-state index in [1.807, 2.05) is 0 Å². The smallest absolute Gasteiger partial charge is 0.159 e. The van der Waals surface area contributed by atoms with E-state index < -0.39 is 0 Å². The Hall–Kier alpha value is -2.21. The van der Waals surface area contributed by atoms with E-state index in [1.165, 1.54) is 133 Å². The van der Waals surface area contributed by atoms with Crippen molar-refractivity contribution < 1.29 is 0 Å². The summed E-state index contributed by atoms with van der Waals surface area (Å²) in [6.07, 6.45) is 35.6. The Morgan fingerprint density at radius 3 is 1.73 bits per heavy atom. The number of rotatable bonds is 19. The normalized spacial score (nSPS) is 23.8. The molecule has 2 aliphatic carbocycles. The van der Waals surface area contributed by atoms with E-state index in [-0.39, 0.29) is 5.41 Å². The van der Waals surface area contributed by atoms with Gasteiger partial charge in [-0.3, -0.25) is 0 Å². The first-order chi connectivity index (χ1) is 21.7. The Morgan fingerprint density at radius 1 is 0.636 bits per heavy atom. The molecule has 44 heavy (non-hydrogen) atoms. The zero-order chi connectivity index (χ0) is 30.9. The average Bonchev–Trinajstić information content (AvgIpc) is 3.08. The Morgan fingerprint density at radius 2 is 1.16 bits per heavy atom. The molecule has 0 bridgehead atoms. The Balaban J connectivity index is 1.16. The molecule has 1 heterocycles. The molecule has 0 spiro atoms. The monoisotopic (exact) mass is 598 g/mol. The molecule has 1 aromatic heterocycles. The lowest BCUT2D eigenvalue weighted by Crippen LogP contribution is -2.25. The Bertz CT molecular complexity index is 1070. The molecule has 0 aliphatic heterocycles. The van der Waals surface area contributed by atoms with E-state index in [2.05, 4.69) is 56.6 Å². The molecule has 0 N–H and O–H groups in total. The van der Waals surface area contributed by atoms with E-state index >= 15 is 0 Å². The molecule has 0 unspecified atom stereocenters. The topological polar surface area (TPSA) is 49.6 Å². The maximum atomic E-state index is 10.1. The van der Waals surface area contributed by atoms with E-state index in [4.69, 9.17) is 9.97 Å². The van der Waals surface area contributed by atoms with Crippen LogP contribution < -0.4 is 0 Å². The molecule has 0 saturated heterocycles. The van der Waals surface area contributed by atoms with Gasteiger partial charge in [-0.05, 0) is 86.7 Å². The standard InChI is InChI=1S/C41H63N3/c1-3-5-7-9-11-13-15-17-34-18-20-36(21-19-34)39-31-43-40(44-32-39)38-24-22-35(23-25-38)37-26-29-41(33-42,30-27-37)28-16-14-12-10-8-6-4-2/h22-25,31-32,34,36-37H,3-21,26-30H2,1-2H3/t34-,36-,37-,41-. The maximum Gasteiger partial charge on any atom is 0.159 e. The van der Waals surface area contributed by atoms with E-state index in [9.17, 15) is 5.26 Å². The van der Waals surface area contributed by atoms with Gasteiger partial charge in [-0.15, -0.1) is 0 Å². The third-order valence-corrected chi connectivity index (χ3v) is 11.3. The predicted octanol–water partition coefficient (Wildman–Crippen LogP) is 12.9. The summed E-state index contributed by atoms with van der Waals surface area (Å²) < 4.78 is 0. The van der Waals surface area contributed by atoms with Crippen LogP contribution in [-0.2, 0) is 0 Å². The lowest BCUT2D eigenvalue weighted by atomic mass is 9.67. The molecule has 0 atom stereocenters. The van der Waals surface area contributed by atoms with Gasteiger partial charge in [0.15, 0.2) is 5.82 Å². The summed E-state index contributed by atoms with van der Waals surface area (Å²) in [5.74, 6) is 2.99. The number of nitriles is 1. The molecule has 0 radical (unpaired) electrons. The number of nitrogens with zero attached hydrogens (tertiary/aromatic N) is 3. The van der Waals surface area contributed by atoms with Crippen LogP contribution in [0.3, 0.4) is 0 Å². The van der Waals surface area contributed by atoms with Gasteiger partial charge in [0, 0.05) is 18.0 Å². The summed E-state index contributed by atoms with van der Waals surface area (Å²) in [6, 6.07) is 11.8. The minimum Gasteiger partial charge on any atom is -0.236 e. The van der Waals surface area contributed by atoms with E-state index in [1.54, 1.807) is 0 Å². The second-order valence-electron chi connectivity index (χ2n) is 14.6. The zero-order valence-electron chi connectivity index (χ0n) is 28.5. The van der Waals surface area contributed by atoms with Gasteiger partial charge in [0.1, 0.15) is 0 Å². The highest BCUT2D eigenvalue weighted by atomic mass is 14.9. The molecule has 1 aromatic carbocycles. The highest BCUT2D eigenvalue weighted by molar-refractivity contribution is 5.55. The quantitative estimate of drug-likeness (QED) is 0.151. The number of hydrogen-bond donors (Lipinski definition) is 0. The van der Waals surface area contributed by atoms with E-state index in [0.717, 1.165) is 49.4 Å². The van der Waals surface area contributed by atoms with Crippen LogP contribution in [0, 0.1) is 22.7 Å². The molecule has 0 amide bonds. The fraction of sp³-hybridized carbons (Fsp3) is 0.732. The lowest BCUT2D eigenvalue weighted by molar-refractivity contribution is 0.223. The molecule has 2 aromatic rings. The van der Waals surface area contributed by atoms with Crippen molar-refractivity contribution in [3.63, 3.8) is 0 Å². The van der Waals surface area contributed by atoms with Crippen molar-refractivity contribution in [1.29, 1.82) is 5.26 Å². The van der Waals surface area contributed by atoms with Crippen molar-refractivity contribution in [2.75, 3.05) is 0 Å². The number of unbranched alkanes of at least 4 members (excludes halogenated alkanes) is 12. The zero-order valence-corrected chi connectivity index (χ0v) is 28.5. The summed E-state index contributed by atoms with van der Waals surface area (Å²) in [5, 5.41) is 10.1. The van der Waals surface area contributed by atoms with Gasteiger partial charge in [0.25, 0.3) is 0 Å². The summed E-state index contributed by atoms with van der Waals surface area (Å²) >= 11 is 0. The SMILES string of the molecule is CCCCCCCCC[C@H]1CC[C@H](c2cnc(-c3ccc([C@H]4CC[C@@](C#N)(CCCCCCCCC)CC4)cc3)nc2)CC1. The molecular formula is C41H63N3. The summed E-state index contributed by atoms with van der Waals surface area (Å²) in [7, 11) is 0. The van der Waals surface area contributed by atoms with Gasteiger partial charge in [0.05, 0.1) is 11.5 Å². The molecule has 3 heteroatoms. The lowest BCUT2D eigenvalue weighted by Gasteiger charge is -2.35. The second kappa shape index (κ2) is 19.3. The molecule has 2 aliphatic rings. The van der Waals surface area contributed by atoms with Crippen LogP contribution in [-0.4, -0.2) is 9.97 Å². The van der Waals surface area contributed by atoms with Crippen molar-refractivity contribution in [2.24, 2.45) is 11.3 Å². The van der Waals surface area contributed by atoms with Crippen molar-refractivity contribution in [3.05, 3.63) is 47.8 Å². The summed E-state index contributed by atoms with van der Waals surface area (Å²) in [6.45, 7) is 4.57.